The molecule has 0 bridgehead atoms. The van der Waals surface area contributed by atoms with E-state index in [0.717, 1.165) is 4.90 Å². The fourth-order valence-corrected chi connectivity index (χ4v) is 2.27. The van der Waals surface area contributed by atoms with Gasteiger partial charge in [-0.05, 0) is 26.0 Å². The van der Waals surface area contributed by atoms with E-state index in [4.69, 9.17) is 4.74 Å². The van der Waals surface area contributed by atoms with E-state index in [1.165, 1.54) is 6.92 Å². The second kappa shape index (κ2) is 6.05. The molecular weight excluding hydrogens is 274 g/mol. The minimum absolute atomic E-state index is 0.171. The van der Waals surface area contributed by atoms with Gasteiger partial charge in [-0.1, -0.05) is 12.1 Å². The molecule has 6 nitrogen and oxygen atoms in total. The largest absolute Gasteiger partial charge is 0.466 e. The quantitative estimate of drug-likeness (QED) is 0.642. The highest BCUT2D eigenvalue weighted by atomic mass is 16.5. The second-order valence-corrected chi connectivity index (χ2v) is 4.87. The Morgan fingerprint density at radius 3 is 2.19 bits per heavy atom. The number of hydrogen-bond acceptors (Lipinski definition) is 5. The second-order valence-electron chi connectivity index (χ2n) is 4.87. The van der Waals surface area contributed by atoms with Gasteiger partial charge in [-0.3, -0.25) is 19.3 Å². The Bertz CT molecular complexity index is 546. The molecule has 0 spiro atoms. The lowest BCUT2D eigenvalue weighted by Crippen LogP contribution is -2.42. The number of carbonyl (C=O) groups is 3. The SMILES string of the molecule is CCOC(=O)[C@@H](CN1C(=O)c2ccccc2C1=O)[C@@H](C)O. The average Bonchev–Trinajstić information content (AvgIpc) is 2.69. The number of aliphatic hydroxyl groups is 1. The first-order valence-electron chi connectivity index (χ1n) is 6.77. The van der Waals surface area contributed by atoms with Crippen molar-refractivity contribution in [2.24, 2.45) is 5.92 Å². The van der Waals surface area contributed by atoms with Gasteiger partial charge in [-0.15, -0.1) is 0 Å². The van der Waals surface area contributed by atoms with Gasteiger partial charge >= 0.3 is 5.97 Å². The van der Waals surface area contributed by atoms with E-state index in [0.29, 0.717) is 11.1 Å². The molecule has 112 valence electrons. The van der Waals surface area contributed by atoms with Crippen LogP contribution < -0.4 is 0 Å². The van der Waals surface area contributed by atoms with Gasteiger partial charge in [0.1, 0.15) is 5.92 Å². The third kappa shape index (κ3) is 2.80. The van der Waals surface area contributed by atoms with E-state index in [9.17, 15) is 19.5 Å². The molecule has 2 rings (SSSR count). The van der Waals surface area contributed by atoms with Gasteiger partial charge in [0, 0.05) is 6.54 Å². The van der Waals surface area contributed by atoms with E-state index in [1.807, 2.05) is 0 Å². The van der Waals surface area contributed by atoms with Crippen molar-refractivity contribution >= 4 is 17.8 Å². The number of benzene rings is 1. The monoisotopic (exact) mass is 291 g/mol. The average molecular weight is 291 g/mol. The highest BCUT2D eigenvalue weighted by Gasteiger charge is 2.39. The van der Waals surface area contributed by atoms with Crippen molar-refractivity contribution in [3.05, 3.63) is 35.4 Å². The lowest BCUT2D eigenvalue weighted by Gasteiger charge is -2.23. The summed E-state index contributed by atoms with van der Waals surface area (Å²) in [7, 11) is 0. The van der Waals surface area contributed by atoms with E-state index >= 15 is 0 Å². The van der Waals surface area contributed by atoms with Crippen LogP contribution in [-0.2, 0) is 9.53 Å². The number of nitrogens with zero attached hydrogens (tertiary/aromatic N) is 1. The Kier molecular flexibility index (Phi) is 4.37. The number of aliphatic hydroxyl groups excluding tert-OH is 1. The summed E-state index contributed by atoms with van der Waals surface area (Å²) < 4.78 is 4.88. The topological polar surface area (TPSA) is 83.9 Å². The Labute approximate surface area is 122 Å². The Morgan fingerprint density at radius 2 is 1.76 bits per heavy atom. The first-order valence-corrected chi connectivity index (χ1v) is 6.77. The number of imide groups is 1. The van der Waals surface area contributed by atoms with Crippen molar-refractivity contribution in [3.8, 4) is 0 Å². The van der Waals surface area contributed by atoms with Crippen LogP contribution >= 0.6 is 0 Å². The summed E-state index contributed by atoms with van der Waals surface area (Å²) in [6.45, 7) is 3.06. The van der Waals surface area contributed by atoms with Crippen LogP contribution in [0.15, 0.2) is 24.3 Å². The number of fused-ring (bicyclic) bond motifs is 1. The molecule has 0 fully saturated rings. The van der Waals surface area contributed by atoms with Gasteiger partial charge in [0.2, 0.25) is 0 Å². The van der Waals surface area contributed by atoms with Crippen molar-refractivity contribution in [3.63, 3.8) is 0 Å². The van der Waals surface area contributed by atoms with E-state index in [2.05, 4.69) is 0 Å². The van der Waals surface area contributed by atoms with Crippen LogP contribution in [0.3, 0.4) is 0 Å². The smallest absolute Gasteiger partial charge is 0.313 e. The highest BCUT2D eigenvalue weighted by molar-refractivity contribution is 6.21. The molecule has 0 radical (unpaired) electrons. The van der Waals surface area contributed by atoms with Crippen molar-refractivity contribution in [1.82, 2.24) is 4.90 Å². The molecule has 2 atom stereocenters. The standard InChI is InChI=1S/C15H17NO5/c1-3-21-15(20)12(9(2)17)8-16-13(18)10-6-4-5-7-11(10)14(16)19/h4-7,9,12,17H,3,8H2,1-2H3/t9-,12+/m1/s1. The van der Waals surface area contributed by atoms with Gasteiger partial charge in [-0.25, -0.2) is 0 Å². The number of ether oxygens (including phenoxy) is 1. The van der Waals surface area contributed by atoms with Gasteiger partial charge in [0.25, 0.3) is 11.8 Å². The molecule has 1 heterocycles. The molecule has 0 unspecified atom stereocenters. The fraction of sp³-hybridized carbons (Fsp3) is 0.400. The zero-order chi connectivity index (χ0) is 15.6. The maximum absolute atomic E-state index is 12.2. The fourth-order valence-electron chi connectivity index (χ4n) is 2.27. The number of esters is 1. The number of carbonyl (C=O) groups excluding carboxylic acids is 3. The highest BCUT2D eigenvalue weighted by Crippen LogP contribution is 2.24. The first kappa shape index (κ1) is 15.2. The molecule has 1 aromatic carbocycles. The van der Waals surface area contributed by atoms with Crippen LogP contribution in [0, 0.1) is 5.92 Å². The Morgan fingerprint density at radius 1 is 1.24 bits per heavy atom. The molecule has 21 heavy (non-hydrogen) atoms. The van der Waals surface area contributed by atoms with Crippen LogP contribution in [0.25, 0.3) is 0 Å². The predicted octanol–water partition coefficient (Wildman–Crippen LogP) is 0.843. The number of rotatable bonds is 5. The molecule has 0 saturated heterocycles. The lowest BCUT2D eigenvalue weighted by molar-refractivity contribution is -0.151. The van der Waals surface area contributed by atoms with Crippen LogP contribution in [0.1, 0.15) is 34.6 Å². The molecule has 6 heteroatoms. The molecule has 1 aliphatic heterocycles. The van der Waals surface area contributed by atoms with Gasteiger partial charge in [0.05, 0.1) is 23.8 Å². The summed E-state index contributed by atoms with van der Waals surface area (Å²) in [5.74, 6) is -2.48. The summed E-state index contributed by atoms with van der Waals surface area (Å²) in [5.41, 5.74) is 0.631. The summed E-state index contributed by atoms with van der Waals surface area (Å²) >= 11 is 0. The van der Waals surface area contributed by atoms with Crippen molar-refractivity contribution in [2.75, 3.05) is 13.2 Å². The number of hydrogen-bond donors (Lipinski definition) is 1. The maximum Gasteiger partial charge on any atom is 0.313 e. The van der Waals surface area contributed by atoms with Crippen molar-refractivity contribution < 1.29 is 24.2 Å². The molecule has 0 saturated carbocycles. The zero-order valence-corrected chi connectivity index (χ0v) is 11.9. The van der Waals surface area contributed by atoms with Gasteiger partial charge in [-0.2, -0.15) is 0 Å². The summed E-state index contributed by atoms with van der Waals surface area (Å²) in [5, 5.41) is 9.71. The normalized spacial score (nSPS) is 16.6. The van der Waals surface area contributed by atoms with E-state index in [-0.39, 0.29) is 13.2 Å². The van der Waals surface area contributed by atoms with Crippen LogP contribution in [0.2, 0.25) is 0 Å². The number of amides is 2. The van der Waals surface area contributed by atoms with Crippen molar-refractivity contribution in [1.29, 1.82) is 0 Å². The summed E-state index contributed by atoms with van der Waals surface area (Å²) in [4.78, 5) is 37.2. The van der Waals surface area contributed by atoms with Crippen LogP contribution in [0.4, 0.5) is 0 Å². The van der Waals surface area contributed by atoms with E-state index < -0.39 is 29.8 Å². The Hall–Kier alpha value is -2.21. The Balaban J connectivity index is 2.22. The molecule has 1 aromatic rings. The minimum atomic E-state index is -1.02. The van der Waals surface area contributed by atoms with Gasteiger partial charge in [0.15, 0.2) is 0 Å². The lowest BCUT2D eigenvalue weighted by atomic mass is 10.0. The molecule has 2 amide bonds. The summed E-state index contributed by atoms with van der Waals surface area (Å²) in [6.07, 6.45) is -1.02. The first-order chi connectivity index (χ1) is 9.97. The summed E-state index contributed by atoms with van der Waals surface area (Å²) in [6, 6.07) is 6.48. The zero-order valence-electron chi connectivity index (χ0n) is 11.9. The van der Waals surface area contributed by atoms with Crippen molar-refractivity contribution in [2.45, 2.75) is 20.0 Å². The molecule has 1 N–H and O–H groups in total. The van der Waals surface area contributed by atoms with E-state index in [1.54, 1.807) is 31.2 Å². The predicted molar refractivity (Wildman–Crippen MR) is 73.6 cm³/mol. The molecule has 0 aromatic heterocycles. The third-order valence-corrected chi connectivity index (χ3v) is 3.43. The van der Waals surface area contributed by atoms with Crippen LogP contribution in [-0.4, -0.2) is 47.0 Å². The maximum atomic E-state index is 12.2. The molecule has 1 aliphatic rings. The third-order valence-electron chi connectivity index (χ3n) is 3.43. The minimum Gasteiger partial charge on any atom is -0.466 e. The molecular formula is C15H17NO5. The van der Waals surface area contributed by atoms with Crippen LogP contribution in [0.5, 0.6) is 0 Å². The van der Waals surface area contributed by atoms with Gasteiger partial charge < -0.3 is 9.84 Å². The molecule has 0 aliphatic carbocycles.